The molecule has 103 heavy (non-hydrogen) atoms. The zero-order valence-corrected chi connectivity index (χ0v) is 61.1. The molecule has 12 heterocycles. The van der Waals surface area contributed by atoms with Crippen molar-refractivity contribution in [3.8, 4) is 45.0 Å². The molecule has 0 saturated heterocycles. The fourth-order valence-electron chi connectivity index (χ4n) is 15.0. The molecule has 0 saturated carbocycles. The topological polar surface area (TPSA) is 67.1 Å². The van der Waals surface area contributed by atoms with Crippen LogP contribution in [-0.2, 0) is 28.2 Å². The van der Waals surface area contributed by atoms with E-state index in [4.69, 9.17) is 12.3 Å². The van der Waals surface area contributed by atoms with Gasteiger partial charge in [-0.3, -0.25) is 19.9 Å². The Bertz CT molecular complexity index is 7040. The first kappa shape index (κ1) is 55.5. The molecular weight excluding hydrogens is 1330 g/mol. The molecule has 0 atom stereocenters. The van der Waals surface area contributed by atoms with Gasteiger partial charge in [0, 0.05) is 144 Å². The van der Waals surface area contributed by atoms with Crippen LogP contribution in [0.15, 0.2) is 250 Å². The highest BCUT2D eigenvalue weighted by Crippen LogP contribution is 2.47. The smallest absolute Gasteiger partial charge is 0.230 e. The second kappa shape index (κ2) is 26.4. The lowest BCUT2D eigenvalue weighted by Crippen LogP contribution is -2.31. The van der Waals surface area contributed by atoms with E-state index < -0.39 is 20.6 Å². The van der Waals surface area contributed by atoms with Gasteiger partial charge >= 0.3 is 0 Å². The second-order valence-electron chi connectivity index (χ2n) is 26.4. The Balaban J connectivity index is 0.000000109. The molecule has 12 aromatic heterocycles. The Labute approximate surface area is 626 Å². The first-order chi connectivity index (χ1) is 53.8. The lowest BCUT2D eigenvalue weighted by atomic mass is 9.99. The highest BCUT2D eigenvalue weighted by Gasteiger charge is 2.27. The summed E-state index contributed by atoms with van der Waals surface area (Å²) in [5.74, 6) is 0. The van der Waals surface area contributed by atoms with Crippen LogP contribution in [0.1, 0.15) is 51.3 Å². The quantitative estimate of drug-likeness (QED) is 0.165. The standard InChI is InChI=1S/C24H21N2S.C23H19N2S.2C22H17N2S/c1-14-7-8-17(15(2)12-14)23-24-21(16(3)13-26(23)4)22-18-6-5-11-25-19(18)9-10-20(22)27-24;1-14-6-8-17(15(2)13-14)22-23-18(10-12-25(22)3)20-19(26-23)9-7-16-5-4-11-24-21(16)20;1-14-6-3-4-8-16(14)21-22-17(11-13-24(21)2)19-18(25-22)10-9-15-7-5-12-23-20(15)19;1-14-6-3-4-7-15(14)21-22-17(11-13-24(21)2)20-16-8-5-12-23-18(16)9-10-19(20)25-22/h5-13H,1-4H3;4-13H,1-3H3;2*3-13H,1-2H3/q4*+1/i1D3,3D3;1D3;;. The number of aryl methyl sites for hydroxylation is 11. The Hall–Kier alpha value is -11.1. The van der Waals surface area contributed by atoms with E-state index in [1.807, 2.05) is 128 Å². The van der Waals surface area contributed by atoms with Gasteiger partial charge in [0.1, 0.15) is 47.0 Å². The zero-order chi connectivity index (χ0) is 78.0. The summed E-state index contributed by atoms with van der Waals surface area (Å²) < 4.78 is 88.9. The SMILES string of the molecule is Cc1ccccc1-c1c2sc3ccc4cccnc4c3c2cc[n+]1C.Cc1ccccc1-c1c2sc3ccc4ncccc4c3c2cc[n+]1C.[2H]C([2H])([2H])c1ccc(-c2c3sc4ccc5cccnc5c4c3cc[n+]2C)c(C)c1.[2H]C([2H])([2H])c1ccc(-c2c3sc4ccc5ncccc5c4c3c(C([2H])([2H])[2H])c[n+]2C)c(C)c1. The zero-order valence-electron chi connectivity index (χ0n) is 66.9. The number of hydrogen-bond acceptors (Lipinski definition) is 8. The molecule has 20 aromatic rings. The summed E-state index contributed by atoms with van der Waals surface area (Å²) in [6.07, 6.45) is 15.4. The highest BCUT2D eigenvalue weighted by molar-refractivity contribution is 7.27. The maximum Gasteiger partial charge on any atom is 0.230 e. The molecule has 0 unspecified atom stereocenters. The first-order valence-corrected chi connectivity index (χ1v) is 37.3. The van der Waals surface area contributed by atoms with E-state index in [-0.39, 0.29) is 5.56 Å². The van der Waals surface area contributed by atoms with Gasteiger partial charge in [-0.25, -0.2) is 0 Å². The number of pyridine rings is 8. The number of hydrogen-bond donors (Lipinski definition) is 0. The van der Waals surface area contributed by atoms with Crippen LogP contribution in [0.5, 0.6) is 0 Å². The summed E-state index contributed by atoms with van der Waals surface area (Å²) >= 11 is 7.04. The molecule has 0 bridgehead atoms. The lowest BCUT2D eigenvalue weighted by Gasteiger charge is -2.08. The maximum absolute atomic E-state index is 8.23. The minimum Gasteiger partial charge on any atom is -0.256 e. The molecule has 8 aromatic carbocycles. The number of benzene rings is 8. The van der Waals surface area contributed by atoms with E-state index in [2.05, 4.69) is 201 Å². The average molecular weight is 1420 g/mol. The molecule has 20 rings (SSSR count). The molecule has 0 aliphatic heterocycles. The normalized spacial score (nSPS) is 13.3. The van der Waals surface area contributed by atoms with Crippen LogP contribution >= 0.6 is 45.3 Å². The van der Waals surface area contributed by atoms with Crippen molar-refractivity contribution in [1.82, 2.24) is 19.9 Å². The van der Waals surface area contributed by atoms with Crippen molar-refractivity contribution in [3.63, 3.8) is 0 Å². The Morgan fingerprint density at radius 2 is 0.699 bits per heavy atom. The molecule has 0 spiro atoms. The van der Waals surface area contributed by atoms with Crippen LogP contribution in [-0.4, -0.2) is 19.9 Å². The molecule has 0 N–H and O–H groups in total. The van der Waals surface area contributed by atoms with Crippen LogP contribution in [0, 0.1) is 48.3 Å². The van der Waals surface area contributed by atoms with E-state index in [0.29, 0.717) is 16.5 Å². The van der Waals surface area contributed by atoms with Crippen molar-refractivity contribution in [1.29, 1.82) is 0 Å². The third-order valence-electron chi connectivity index (χ3n) is 19.9. The minimum atomic E-state index is -2.30. The lowest BCUT2D eigenvalue weighted by molar-refractivity contribution is -0.659. The van der Waals surface area contributed by atoms with Gasteiger partial charge in [0.15, 0.2) is 24.8 Å². The van der Waals surface area contributed by atoms with Crippen LogP contribution < -0.4 is 18.3 Å². The van der Waals surface area contributed by atoms with Gasteiger partial charge < -0.3 is 0 Å². The summed E-state index contributed by atoms with van der Waals surface area (Å²) in [7, 11) is 8.13. The van der Waals surface area contributed by atoms with E-state index in [0.717, 1.165) is 81.3 Å². The predicted molar refractivity (Wildman–Crippen MR) is 438 cm³/mol. The van der Waals surface area contributed by atoms with Gasteiger partial charge in [-0.1, -0.05) is 108 Å². The number of aromatic nitrogens is 8. The van der Waals surface area contributed by atoms with Crippen molar-refractivity contribution in [2.75, 3.05) is 0 Å². The van der Waals surface area contributed by atoms with Gasteiger partial charge in [0.25, 0.3) is 0 Å². The molecule has 0 aliphatic carbocycles. The Morgan fingerprint density at radius 1 is 0.301 bits per heavy atom. The Morgan fingerprint density at radius 3 is 1.17 bits per heavy atom. The van der Waals surface area contributed by atoms with Crippen LogP contribution in [0.25, 0.3) is 169 Å². The summed E-state index contributed by atoms with van der Waals surface area (Å²) in [5, 5.41) is 13.6. The van der Waals surface area contributed by atoms with Gasteiger partial charge in [-0.15, -0.1) is 45.3 Å². The van der Waals surface area contributed by atoms with Crippen molar-refractivity contribution >= 4 is 170 Å². The molecular formula is C91H74N8S4+4. The fraction of sp³-hybridized carbons (Fsp3) is 0.121. The highest BCUT2D eigenvalue weighted by atomic mass is 32.1. The maximum atomic E-state index is 8.23. The first-order valence-electron chi connectivity index (χ1n) is 38.5. The summed E-state index contributed by atoms with van der Waals surface area (Å²) in [4.78, 5) is 18.3. The number of rotatable bonds is 4. The second-order valence-corrected chi connectivity index (χ2v) is 30.6. The molecule has 0 radical (unpaired) electrons. The number of nitrogens with zero attached hydrogens (tertiary/aromatic N) is 8. The third kappa shape index (κ3) is 11.3. The summed E-state index contributed by atoms with van der Waals surface area (Å²) in [5.41, 5.74) is 18.4. The van der Waals surface area contributed by atoms with E-state index in [1.165, 1.54) is 105 Å². The molecule has 8 nitrogen and oxygen atoms in total. The van der Waals surface area contributed by atoms with Crippen LogP contribution in [0.4, 0.5) is 0 Å². The van der Waals surface area contributed by atoms with Crippen LogP contribution in [0.2, 0.25) is 0 Å². The minimum absolute atomic E-state index is 0.287. The van der Waals surface area contributed by atoms with Gasteiger partial charge in [-0.2, -0.15) is 18.3 Å². The summed E-state index contributed by atoms with van der Waals surface area (Å²) in [6, 6.07) is 67.6. The molecule has 0 fully saturated rings. The Kier molecular flexibility index (Phi) is 14.2. The van der Waals surface area contributed by atoms with E-state index in [9.17, 15) is 0 Å². The van der Waals surface area contributed by atoms with Crippen molar-refractivity contribution in [2.24, 2.45) is 28.2 Å². The van der Waals surface area contributed by atoms with E-state index >= 15 is 0 Å². The molecule has 498 valence electrons. The summed E-state index contributed by atoms with van der Waals surface area (Å²) in [6.45, 7) is 1.65. The van der Waals surface area contributed by atoms with Gasteiger partial charge in [0.05, 0.1) is 44.3 Å². The molecule has 12 heteroatoms. The fourth-order valence-corrected chi connectivity index (χ4v) is 20.2. The van der Waals surface area contributed by atoms with Gasteiger partial charge in [-0.05, 0) is 155 Å². The van der Waals surface area contributed by atoms with E-state index in [1.54, 1.807) is 59.3 Å². The monoisotopic (exact) mass is 1420 g/mol. The van der Waals surface area contributed by atoms with Gasteiger partial charge in [0.2, 0.25) is 22.8 Å². The number of thiophene rings is 4. The molecule has 0 aliphatic rings. The molecule has 0 amide bonds. The van der Waals surface area contributed by atoms with Crippen molar-refractivity contribution in [2.45, 2.75) is 48.3 Å². The van der Waals surface area contributed by atoms with Crippen molar-refractivity contribution < 1.29 is 30.6 Å². The van der Waals surface area contributed by atoms with Crippen LogP contribution in [0.3, 0.4) is 0 Å². The largest absolute Gasteiger partial charge is 0.256 e. The average Bonchev–Trinajstić information content (AvgIpc) is 1.52. The third-order valence-corrected chi connectivity index (χ3v) is 24.5. The van der Waals surface area contributed by atoms with Crippen molar-refractivity contribution in [3.05, 3.63) is 289 Å². The predicted octanol–water partition coefficient (Wildman–Crippen LogP) is 22.5. The number of fused-ring (bicyclic) bond motifs is 20.